The number of nitrogens with one attached hydrogen (secondary N) is 2. The fourth-order valence-electron chi connectivity index (χ4n) is 2.95. The lowest BCUT2D eigenvalue weighted by molar-refractivity contribution is -0.114. The molecule has 0 radical (unpaired) electrons. The molecule has 1 aromatic heterocycles. The maximum absolute atomic E-state index is 15.0. The molecule has 0 fully saturated rings. The van der Waals surface area contributed by atoms with Gasteiger partial charge in [-0.2, -0.15) is 8.78 Å². The van der Waals surface area contributed by atoms with Crippen LogP contribution in [-0.2, 0) is 21.2 Å². The number of nitrogens with zero attached hydrogens (tertiary/aromatic N) is 1. The van der Waals surface area contributed by atoms with Gasteiger partial charge in [-0.25, -0.2) is 22.2 Å². The molecule has 0 bridgehead atoms. The highest BCUT2D eigenvalue weighted by molar-refractivity contribution is 7.92. The summed E-state index contributed by atoms with van der Waals surface area (Å²) in [7, 11) is -4.42. The molecule has 1 heterocycles. The van der Waals surface area contributed by atoms with Gasteiger partial charge in [-0.05, 0) is 48.0 Å². The van der Waals surface area contributed by atoms with E-state index in [1.807, 2.05) is 4.72 Å². The minimum atomic E-state index is -4.42. The number of halogens is 4. The number of anilines is 2. The van der Waals surface area contributed by atoms with Crippen LogP contribution in [-0.4, -0.2) is 31.7 Å². The summed E-state index contributed by atoms with van der Waals surface area (Å²) in [5, 5.41) is 2.43. The molecular weight excluding hydrogens is 494 g/mol. The van der Waals surface area contributed by atoms with E-state index in [0.29, 0.717) is 5.56 Å². The molecule has 13 heteroatoms. The number of rotatable bonds is 9. The molecule has 8 nitrogen and oxygen atoms in total. The predicted molar refractivity (Wildman–Crippen MR) is 117 cm³/mol. The molecule has 0 unspecified atom stereocenters. The number of pyridine rings is 1. The number of carbonyl (C=O) groups is 2. The molecule has 0 aliphatic rings. The van der Waals surface area contributed by atoms with E-state index in [4.69, 9.17) is 0 Å². The predicted octanol–water partition coefficient (Wildman–Crippen LogP) is 4.15. The molecule has 3 rings (SSSR count). The van der Waals surface area contributed by atoms with E-state index in [1.54, 1.807) is 0 Å². The molecule has 1 amide bonds. The number of ketones is 1. The minimum Gasteiger partial charge on any atom is -0.435 e. The lowest BCUT2D eigenvalue weighted by atomic mass is 10.0. The highest BCUT2D eigenvalue weighted by Crippen LogP contribution is 2.26. The number of sulfonamides is 1. The third-order valence-corrected chi connectivity index (χ3v) is 5.85. The van der Waals surface area contributed by atoms with E-state index >= 15 is 0 Å². The van der Waals surface area contributed by atoms with Gasteiger partial charge >= 0.3 is 6.61 Å². The first-order chi connectivity index (χ1) is 16.5. The number of carbonyl (C=O) groups excluding carboxylic acids is 2. The van der Waals surface area contributed by atoms with E-state index in [2.05, 4.69) is 15.0 Å². The molecule has 2 aromatic carbocycles. The first-order valence-corrected chi connectivity index (χ1v) is 11.3. The van der Waals surface area contributed by atoms with Gasteiger partial charge in [-0.1, -0.05) is 6.07 Å². The summed E-state index contributed by atoms with van der Waals surface area (Å²) in [5.41, 5.74) is -1.36. The fraction of sp³-hybridized carbons (Fsp3) is 0.136. The monoisotopic (exact) mass is 511 g/mol. The van der Waals surface area contributed by atoms with Crippen LogP contribution in [0.3, 0.4) is 0 Å². The van der Waals surface area contributed by atoms with E-state index in [0.717, 1.165) is 36.4 Å². The van der Waals surface area contributed by atoms with Crippen molar-refractivity contribution in [3.8, 4) is 5.75 Å². The van der Waals surface area contributed by atoms with Crippen molar-refractivity contribution >= 4 is 33.2 Å². The Morgan fingerprint density at radius 2 is 1.71 bits per heavy atom. The number of hydrogen-bond acceptors (Lipinski definition) is 6. The lowest BCUT2D eigenvalue weighted by Crippen LogP contribution is -2.17. The van der Waals surface area contributed by atoms with Crippen LogP contribution in [0.2, 0.25) is 0 Å². The molecular formula is C22H17F4N3O5S. The first kappa shape index (κ1) is 25.6. The van der Waals surface area contributed by atoms with Gasteiger partial charge in [0.15, 0.2) is 11.6 Å². The Morgan fingerprint density at radius 3 is 2.29 bits per heavy atom. The topological polar surface area (TPSA) is 114 Å². The largest absolute Gasteiger partial charge is 0.435 e. The Bertz CT molecular complexity index is 1350. The van der Waals surface area contributed by atoms with Gasteiger partial charge in [0.2, 0.25) is 5.91 Å². The zero-order chi connectivity index (χ0) is 25.8. The summed E-state index contributed by atoms with van der Waals surface area (Å²) >= 11 is 0. The van der Waals surface area contributed by atoms with Crippen LogP contribution in [0.1, 0.15) is 22.8 Å². The molecule has 0 saturated heterocycles. The second-order valence-electron chi connectivity index (χ2n) is 7.07. The fourth-order valence-corrected chi connectivity index (χ4v) is 4.01. The van der Waals surface area contributed by atoms with Gasteiger partial charge in [-0.3, -0.25) is 14.3 Å². The average molecular weight is 511 g/mol. The molecule has 184 valence electrons. The van der Waals surface area contributed by atoms with Gasteiger partial charge in [0, 0.05) is 19.5 Å². The van der Waals surface area contributed by atoms with E-state index in [9.17, 15) is 35.6 Å². The third-order valence-electron chi connectivity index (χ3n) is 4.47. The third kappa shape index (κ3) is 6.53. The van der Waals surface area contributed by atoms with Crippen LogP contribution in [0.15, 0.2) is 59.6 Å². The van der Waals surface area contributed by atoms with Crippen molar-refractivity contribution in [3.05, 3.63) is 77.5 Å². The summed E-state index contributed by atoms with van der Waals surface area (Å²) < 4.78 is 85.0. The molecule has 2 N–H and O–H groups in total. The van der Waals surface area contributed by atoms with Crippen molar-refractivity contribution in [2.24, 2.45) is 0 Å². The molecule has 0 aliphatic heterocycles. The summed E-state index contributed by atoms with van der Waals surface area (Å²) in [6, 6.07) is 8.21. The zero-order valence-corrected chi connectivity index (χ0v) is 18.7. The number of amides is 1. The highest BCUT2D eigenvalue weighted by atomic mass is 32.2. The van der Waals surface area contributed by atoms with Crippen LogP contribution in [0.4, 0.5) is 29.1 Å². The van der Waals surface area contributed by atoms with E-state index in [-0.39, 0.29) is 17.5 Å². The molecule has 35 heavy (non-hydrogen) atoms. The minimum absolute atomic E-state index is 0.219. The molecule has 0 atom stereocenters. The summed E-state index contributed by atoms with van der Waals surface area (Å²) in [5.74, 6) is -4.05. The van der Waals surface area contributed by atoms with Crippen LogP contribution in [0.5, 0.6) is 5.75 Å². The Morgan fingerprint density at radius 1 is 1.03 bits per heavy atom. The summed E-state index contributed by atoms with van der Waals surface area (Å²) in [6.07, 6.45) is 0.788. The van der Waals surface area contributed by atoms with Gasteiger partial charge in [0.05, 0.1) is 16.1 Å². The number of alkyl halides is 2. The van der Waals surface area contributed by atoms with Crippen molar-refractivity contribution < 1.29 is 40.3 Å². The van der Waals surface area contributed by atoms with Crippen molar-refractivity contribution in [1.82, 2.24) is 4.98 Å². The standard InChI is InChI=1S/C22H17F4N3O5S/c1-12(30)28-19-9-2-13(11-27-19)10-18(31)20-16(23)7-8-17(21(20)24)29-35(32,33)15-5-3-14(4-6-15)34-22(25)26/h2-9,11,22,29H,10H2,1H3,(H,27,28,30). The van der Waals surface area contributed by atoms with Crippen molar-refractivity contribution in [2.45, 2.75) is 24.9 Å². The van der Waals surface area contributed by atoms with E-state index in [1.165, 1.54) is 25.3 Å². The zero-order valence-electron chi connectivity index (χ0n) is 17.9. The van der Waals surface area contributed by atoms with Crippen LogP contribution in [0, 0.1) is 11.6 Å². The average Bonchev–Trinajstić information content (AvgIpc) is 2.77. The lowest BCUT2D eigenvalue weighted by Gasteiger charge is -2.12. The van der Waals surface area contributed by atoms with Crippen molar-refractivity contribution in [1.29, 1.82) is 0 Å². The Kier molecular flexibility index (Phi) is 7.69. The maximum Gasteiger partial charge on any atom is 0.387 e. The van der Waals surface area contributed by atoms with E-state index < -0.39 is 56.6 Å². The van der Waals surface area contributed by atoms with Crippen LogP contribution in [0.25, 0.3) is 0 Å². The number of aromatic nitrogens is 1. The number of ether oxygens (including phenoxy) is 1. The second kappa shape index (κ2) is 10.5. The van der Waals surface area contributed by atoms with Crippen molar-refractivity contribution in [2.75, 3.05) is 10.0 Å². The highest BCUT2D eigenvalue weighted by Gasteiger charge is 2.24. The summed E-state index contributed by atoms with van der Waals surface area (Å²) in [4.78, 5) is 27.1. The molecule has 0 saturated carbocycles. The Balaban J connectivity index is 1.81. The second-order valence-corrected chi connectivity index (χ2v) is 8.75. The van der Waals surface area contributed by atoms with Crippen LogP contribution >= 0.6 is 0 Å². The number of Topliss-reactive ketones (excluding diaryl/α,β-unsaturated/α-hetero) is 1. The SMILES string of the molecule is CC(=O)Nc1ccc(CC(=O)c2c(F)ccc(NS(=O)(=O)c3ccc(OC(F)F)cc3)c2F)cn1. The molecule has 3 aromatic rings. The van der Waals surface area contributed by atoms with Crippen LogP contribution < -0.4 is 14.8 Å². The Hall–Kier alpha value is -4.00. The first-order valence-electron chi connectivity index (χ1n) is 9.77. The van der Waals surface area contributed by atoms with Gasteiger partial charge in [0.1, 0.15) is 17.4 Å². The van der Waals surface area contributed by atoms with Gasteiger partial charge in [-0.15, -0.1) is 0 Å². The van der Waals surface area contributed by atoms with Gasteiger partial charge in [0.25, 0.3) is 10.0 Å². The summed E-state index contributed by atoms with van der Waals surface area (Å²) in [6.45, 7) is -1.83. The van der Waals surface area contributed by atoms with Crippen molar-refractivity contribution in [3.63, 3.8) is 0 Å². The van der Waals surface area contributed by atoms with Gasteiger partial charge < -0.3 is 10.1 Å². The smallest absolute Gasteiger partial charge is 0.387 e. The molecule has 0 aliphatic carbocycles. The Labute approximate surface area is 197 Å². The quantitative estimate of drug-likeness (QED) is 0.330. The molecule has 0 spiro atoms. The number of benzene rings is 2. The maximum atomic E-state index is 15.0. The normalized spacial score (nSPS) is 11.3. The number of hydrogen-bond donors (Lipinski definition) is 2.